The van der Waals surface area contributed by atoms with Crippen molar-refractivity contribution in [3.05, 3.63) is 70.5 Å². The van der Waals surface area contributed by atoms with E-state index in [0.29, 0.717) is 24.6 Å². The molecule has 5 nitrogen and oxygen atoms in total. The smallest absolute Gasteiger partial charge is 0.265 e. The van der Waals surface area contributed by atoms with E-state index in [1.807, 2.05) is 30.9 Å². The monoisotopic (exact) mass is 439 g/mol. The standard InChI is InChI=1S/C24H26FN3O2S/c1-3-30-21-10-4-18(5-11-21)16-27-12-14-28(15-13-27)24(29)22-17(2)26-23(31-22)19-6-8-20(25)9-7-19/h4-11H,3,12-16H2,1-2H3. The lowest BCUT2D eigenvalue weighted by Gasteiger charge is -2.34. The number of aryl methyl sites for hydroxylation is 1. The summed E-state index contributed by atoms with van der Waals surface area (Å²) < 4.78 is 18.7. The van der Waals surface area contributed by atoms with Crippen molar-refractivity contribution < 1.29 is 13.9 Å². The topological polar surface area (TPSA) is 45.7 Å². The number of amides is 1. The van der Waals surface area contributed by atoms with Crippen LogP contribution in [0.25, 0.3) is 10.6 Å². The van der Waals surface area contributed by atoms with Gasteiger partial charge in [-0.2, -0.15) is 0 Å². The molecule has 4 rings (SSSR count). The van der Waals surface area contributed by atoms with E-state index in [2.05, 4.69) is 22.0 Å². The third-order valence-electron chi connectivity index (χ3n) is 5.38. The summed E-state index contributed by atoms with van der Waals surface area (Å²) in [4.78, 5) is 22.6. The van der Waals surface area contributed by atoms with E-state index in [9.17, 15) is 9.18 Å². The number of benzene rings is 2. The molecule has 0 N–H and O–H groups in total. The molecular formula is C24H26FN3O2S. The summed E-state index contributed by atoms with van der Waals surface area (Å²) in [6.45, 7) is 8.43. The largest absolute Gasteiger partial charge is 0.494 e. The van der Waals surface area contributed by atoms with Crippen molar-refractivity contribution in [3.8, 4) is 16.3 Å². The maximum absolute atomic E-state index is 13.2. The first kappa shape index (κ1) is 21.5. The zero-order valence-electron chi connectivity index (χ0n) is 17.8. The average molecular weight is 440 g/mol. The lowest BCUT2D eigenvalue weighted by molar-refractivity contribution is 0.0632. The second kappa shape index (κ2) is 9.58. The molecule has 1 aliphatic heterocycles. The number of rotatable bonds is 6. The van der Waals surface area contributed by atoms with Crippen molar-refractivity contribution in [1.29, 1.82) is 0 Å². The minimum absolute atomic E-state index is 0.0316. The maximum atomic E-state index is 13.2. The average Bonchev–Trinajstić information content (AvgIpc) is 3.17. The Morgan fingerprint density at radius 1 is 1.06 bits per heavy atom. The number of carbonyl (C=O) groups excluding carboxylic acids is 1. The van der Waals surface area contributed by atoms with Gasteiger partial charge in [-0.25, -0.2) is 9.37 Å². The predicted molar refractivity (Wildman–Crippen MR) is 121 cm³/mol. The lowest BCUT2D eigenvalue weighted by Crippen LogP contribution is -2.48. The molecule has 162 valence electrons. The van der Waals surface area contributed by atoms with E-state index in [-0.39, 0.29) is 11.7 Å². The van der Waals surface area contributed by atoms with Crippen molar-refractivity contribution in [2.45, 2.75) is 20.4 Å². The van der Waals surface area contributed by atoms with Gasteiger partial charge in [-0.3, -0.25) is 9.69 Å². The number of ether oxygens (including phenoxy) is 1. The molecule has 1 aromatic heterocycles. The van der Waals surface area contributed by atoms with Gasteiger partial charge in [0, 0.05) is 38.3 Å². The van der Waals surface area contributed by atoms with Crippen LogP contribution in [0.2, 0.25) is 0 Å². The molecule has 1 aliphatic rings. The molecule has 0 saturated carbocycles. The number of halogens is 1. The van der Waals surface area contributed by atoms with E-state index >= 15 is 0 Å². The van der Waals surface area contributed by atoms with Crippen LogP contribution in [0.1, 0.15) is 27.9 Å². The summed E-state index contributed by atoms with van der Waals surface area (Å²) in [5.74, 6) is 0.641. The van der Waals surface area contributed by atoms with Crippen molar-refractivity contribution in [2.24, 2.45) is 0 Å². The summed E-state index contributed by atoms with van der Waals surface area (Å²) >= 11 is 1.38. The zero-order chi connectivity index (χ0) is 21.8. The van der Waals surface area contributed by atoms with Crippen LogP contribution in [0.4, 0.5) is 4.39 Å². The first-order valence-corrected chi connectivity index (χ1v) is 11.3. The fraction of sp³-hybridized carbons (Fsp3) is 0.333. The summed E-state index contributed by atoms with van der Waals surface area (Å²) in [5, 5.41) is 0.745. The molecular weight excluding hydrogens is 413 g/mol. The van der Waals surface area contributed by atoms with Crippen LogP contribution in [0.15, 0.2) is 48.5 Å². The third kappa shape index (κ3) is 5.11. The Bertz CT molecular complexity index is 1030. The van der Waals surface area contributed by atoms with Crippen LogP contribution in [-0.4, -0.2) is 53.5 Å². The maximum Gasteiger partial charge on any atom is 0.265 e. The van der Waals surface area contributed by atoms with Gasteiger partial charge in [-0.05, 0) is 55.8 Å². The van der Waals surface area contributed by atoms with Crippen LogP contribution in [0.3, 0.4) is 0 Å². The third-order valence-corrected chi connectivity index (χ3v) is 6.58. The zero-order valence-corrected chi connectivity index (χ0v) is 18.6. The number of hydrogen-bond acceptors (Lipinski definition) is 5. The molecule has 1 saturated heterocycles. The normalized spacial score (nSPS) is 14.6. The molecule has 3 aromatic rings. The van der Waals surface area contributed by atoms with Gasteiger partial charge in [0.2, 0.25) is 0 Å². The first-order valence-electron chi connectivity index (χ1n) is 10.5. The van der Waals surface area contributed by atoms with Crippen molar-refractivity contribution in [1.82, 2.24) is 14.8 Å². The number of piperazine rings is 1. The molecule has 0 radical (unpaired) electrons. The van der Waals surface area contributed by atoms with E-state index < -0.39 is 0 Å². The Morgan fingerprint density at radius 2 is 1.74 bits per heavy atom. The Morgan fingerprint density at radius 3 is 2.39 bits per heavy atom. The van der Waals surface area contributed by atoms with Crippen LogP contribution < -0.4 is 4.74 Å². The second-order valence-electron chi connectivity index (χ2n) is 7.59. The van der Waals surface area contributed by atoms with Crippen LogP contribution in [0.5, 0.6) is 5.75 Å². The molecule has 0 atom stereocenters. The van der Waals surface area contributed by atoms with Crippen LogP contribution in [0, 0.1) is 12.7 Å². The number of aromatic nitrogens is 1. The van der Waals surface area contributed by atoms with E-state index in [4.69, 9.17) is 4.74 Å². The number of carbonyl (C=O) groups is 1. The Kier molecular flexibility index (Phi) is 6.63. The van der Waals surface area contributed by atoms with E-state index in [1.54, 1.807) is 12.1 Å². The highest BCUT2D eigenvalue weighted by Crippen LogP contribution is 2.29. The molecule has 2 aromatic carbocycles. The second-order valence-corrected chi connectivity index (χ2v) is 8.58. The van der Waals surface area contributed by atoms with Crippen molar-refractivity contribution in [3.63, 3.8) is 0 Å². The van der Waals surface area contributed by atoms with Crippen LogP contribution >= 0.6 is 11.3 Å². The molecule has 0 aliphatic carbocycles. The Balaban J connectivity index is 1.35. The summed E-state index contributed by atoms with van der Waals surface area (Å²) in [5.41, 5.74) is 2.80. The molecule has 2 heterocycles. The van der Waals surface area contributed by atoms with Gasteiger partial charge in [0.15, 0.2) is 0 Å². The predicted octanol–water partition coefficient (Wildman–Crippen LogP) is 4.61. The summed E-state index contributed by atoms with van der Waals surface area (Å²) in [6.07, 6.45) is 0. The van der Waals surface area contributed by atoms with Crippen LogP contribution in [-0.2, 0) is 6.54 Å². The van der Waals surface area contributed by atoms with Gasteiger partial charge in [0.1, 0.15) is 21.5 Å². The minimum Gasteiger partial charge on any atom is -0.494 e. The Hall–Kier alpha value is -2.77. The number of thiazole rings is 1. The first-order chi connectivity index (χ1) is 15.0. The minimum atomic E-state index is -0.281. The quantitative estimate of drug-likeness (QED) is 0.563. The fourth-order valence-corrected chi connectivity index (χ4v) is 4.72. The van der Waals surface area contributed by atoms with E-state index in [1.165, 1.54) is 29.0 Å². The summed E-state index contributed by atoms with van der Waals surface area (Å²) in [7, 11) is 0. The van der Waals surface area contributed by atoms with Crippen molar-refractivity contribution in [2.75, 3.05) is 32.8 Å². The Labute approximate surface area is 186 Å². The van der Waals surface area contributed by atoms with Gasteiger partial charge in [0.05, 0.1) is 12.3 Å². The van der Waals surface area contributed by atoms with Gasteiger partial charge in [-0.1, -0.05) is 12.1 Å². The number of nitrogens with zero attached hydrogens (tertiary/aromatic N) is 3. The molecule has 31 heavy (non-hydrogen) atoms. The molecule has 1 amide bonds. The van der Waals surface area contributed by atoms with Gasteiger partial charge < -0.3 is 9.64 Å². The molecule has 7 heteroatoms. The molecule has 0 unspecified atom stereocenters. The lowest BCUT2D eigenvalue weighted by atomic mass is 10.2. The highest BCUT2D eigenvalue weighted by Gasteiger charge is 2.25. The molecule has 0 spiro atoms. The van der Waals surface area contributed by atoms with Crippen molar-refractivity contribution >= 4 is 17.2 Å². The van der Waals surface area contributed by atoms with Gasteiger partial charge in [0.25, 0.3) is 5.91 Å². The SMILES string of the molecule is CCOc1ccc(CN2CCN(C(=O)c3sc(-c4ccc(F)cc4)nc3C)CC2)cc1. The molecule has 0 bridgehead atoms. The van der Waals surface area contributed by atoms with Gasteiger partial charge >= 0.3 is 0 Å². The number of hydrogen-bond donors (Lipinski definition) is 0. The molecule has 1 fully saturated rings. The highest BCUT2D eigenvalue weighted by atomic mass is 32.1. The van der Waals surface area contributed by atoms with E-state index in [0.717, 1.165) is 41.6 Å². The fourth-order valence-electron chi connectivity index (χ4n) is 3.68. The highest BCUT2D eigenvalue weighted by molar-refractivity contribution is 7.17. The van der Waals surface area contributed by atoms with Gasteiger partial charge in [-0.15, -0.1) is 11.3 Å². The summed E-state index contributed by atoms with van der Waals surface area (Å²) in [6, 6.07) is 14.4.